The van der Waals surface area contributed by atoms with Gasteiger partial charge in [-0.2, -0.15) is 0 Å². The summed E-state index contributed by atoms with van der Waals surface area (Å²) in [5, 5.41) is 2.62. The van der Waals surface area contributed by atoms with Crippen molar-refractivity contribution < 1.29 is 0 Å². The van der Waals surface area contributed by atoms with Crippen LogP contribution in [0.5, 0.6) is 0 Å². The zero-order chi connectivity index (χ0) is 24.2. The van der Waals surface area contributed by atoms with Gasteiger partial charge in [-0.15, -0.1) is 0 Å². The Kier molecular flexibility index (Phi) is 3.67. The molecule has 0 unspecified atom stereocenters. The zero-order valence-electron chi connectivity index (χ0n) is 20.8. The first-order chi connectivity index (χ1) is 17.5. The number of hydrogen-bond acceptors (Lipinski definition) is 0. The topological polar surface area (TPSA) is 15.8 Å². The number of fused-ring (bicyclic) bond motifs is 14. The number of H-pyrrole nitrogens is 1. The lowest BCUT2D eigenvalue weighted by atomic mass is 9.70. The van der Waals surface area contributed by atoms with Crippen LogP contribution in [0.4, 0.5) is 0 Å². The fourth-order valence-electron chi connectivity index (χ4n) is 7.02. The first-order valence-corrected chi connectivity index (χ1v) is 12.9. The summed E-state index contributed by atoms with van der Waals surface area (Å²) in [6.07, 6.45) is 0. The molecule has 1 aromatic heterocycles. The number of benzene rings is 5. The Bertz CT molecular complexity index is 1810. The lowest BCUT2D eigenvalue weighted by molar-refractivity contribution is 0.591. The Hall–Kier alpha value is -4.10. The van der Waals surface area contributed by atoms with Crippen LogP contribution in [0.15, 0.2) is 103 Å². The molecule has 0 saturated heterocycles. The van der Waals surface area contributed by atoms with Crippen molar-refractivity contribution in [2.45, 2.75) is 31.6 Å². The van der Waals surface area contributed by atoms with Gasteiger partial charge in [-0.05, 0) is 62.1 Å². The molecule has 0 bridgehead atoms. The van der Waals surface area contributed by atoms with E-state index in [1.807, 2.05) is 0 Å². The second-order valence-electron chi connectivity index (χ2n) is 11.4. The third kappa shape index (κ3) is 2.27. The van der Waals surface area contributed by atoms with Gasteiger partial charge in [-0.25, -0.2) is 0 Å². The van der Waals surface area contributed by atoms with Crippen molar-refractivity contribution in [3.63, 3.8) is 0 Å². The maximum Gasteiger partial charge on any atom is 0.0746 e. The standard InChI is InChI=1S/C35H27N/c1-34(2,3)21-16-19-31-27(20-21)26-18-17-25-24-12-6-9-15-30(24)35(32(25)33(26)36-31)28-13-7-4-10-22(28)23-11-5-8-14-29(23)35/h4-20,36H,1-3H3. The molecule has 1 nitrogen and oxygen atoms in total. The molecule has 0 amide bonds. The Morgan fingerprint density at radius 1 is 0.556 bits per heavy atom. The predicted molar refractivity (Wildman–Crippen MR) is 151 cm³/mol. The van der Waals surface area contributed by atoms with E-state index < -0.39 is 0 Å². The minimum Gasteiger partial charge on any atom is -0.354 e. The summed E-state index contributed by atoms with van der Waals surface area (Å²) in [6.45, 7) is 6.87. The number of aromatic amines is 1. The second kappa shape index (κ2) is 6.56. The molecule has 2 aliphatic carbocycles. The summed E-state index contributed by atoms with van der Waals surface area (Å²) >= 11 is 0. The van der Waals surface area contributed by atoms with E-state index in [1.165, 1.54) is 71.9 Å². The van der Waals surface area contributed by atoms with Gasteiger partial charge in [0.05, 0.1) is 10.9 Å². The van der Waals surface area contributed by atoms with Crippen LogP contribution in [-0.4, -0.2) is 4.98 Å². The summed E-state index contributed by atoms with van der Waals surface area (Å²) in [5.74, 6) is 0. The van der Waals surface area contributed by atoms with Crippen molar-refractivity contribution in [2.75, 3.05) is 0 Å². The minimum atomic E-state index is -0.327. The smallest absolute Gasteiger partial charge is 0.0746 e. The average molecular weight is 462 g/mol. The molecule has 0 atom stereocenters. The van der Waals surface area contributed by atoms with Crippen LogP contribution >= 0.6 is 0 Å². The summed E-state index contributed by atoms with van der Waals surface area (Å²) in [5.41, 5.74) is 14.5. The largest absolute Gasteiger partial charge is 0.354 e. The molecule has 36 heavy (non-hydrogen) atoms. The Morgan fingerprint density at radius 2 is 1.11 bits per heavy atom. The van der Waals surface area contributed by atoms with Crippen LogP contribution in [0.25, 0.3) is 44.1 Å². The van der Waals surface area contributed by atoms with Crippen LogP contribution in [0, 0.1) is 0 Å². The van der Waals surface area contributed by atoms with Gasteiger partial charge >= 0.3 is 0 Å². The van der Waals surface area contributed by atoms with Crippen LogP contribution in [-0.2, 0) is 10.8 Å². The SMILES string of the molecule is CC(C)(C)c1ccc2[nH]c3c4c(ccc3c2c1)-c1ccccc1C41c2ccccc2-c2ccccc21. The van der Waals surface area contributed by atoms with E-state index in [2.05, 4.69) is 129 Å². The molecule has 0 radical (unpaired) electrons. The highest BCUT2D eigenvalue weighted by atomic mass is 14.7. The fourth-order valence-corrected chi connectivity index (χ4v) is 7.02. The number of aromatic nitrogens is 1. The molecule has 1 spiro atoms. The highest BCUT2D eigenvalue weighted by molar-refractivity contribution is 6.13. The predicted octanol–water partition coefficient (Wildman–Crippen LogP) is 8.96. The molecule has 5 aromatic carbocycles. The van der Waals surface area contributed by atoms with E-state index in [4.69, 9.17) is 0 Å². The summed E-state index contributed by atoms with van der Waals surface area (Å²) < 4.78 is 0. The Balaban J connectivity index is 1.58. The number of hydrogen-bond donors (Lipinski definition) is 1. The highest BCUT2D eigenvalue weighted by Crippen LogP contribution is 2.64. The third-order valence-corrected chi connectivity index (χ3v) is 8.59. The summed E-state index contributed by atoms with van der Waals surface area (Å²) in [7, 11) is 0. The van der Waals surface area contributed by atoms with Crippen LogP contribution in [0.2, 0.25) is 0 Å². The fraction of sp³-hybridized carbons (Fsp3) is 0.143. The maximum absolute atomic E-state index is 3.90. The first kappa shape index (κ1) is 20.1. The average Bonchev–Trinajstić information content (AvgIpc) is 3.51. The van der Waals surface area contributed by atoms with Gasteiger partial charge in [0.2, 0.25) is 0 Å². The van der Waals surface area contributed by atoms with Gasteiger partial charge in [-0.1, -0.05) is 112 Å². The van der Waals surface area contributed by atoms with Crippen molar-refractivity contribution in [1.29, 1.82) is 0 Å². The monoisotopic (exact) mass is 461 g/mol. The van der Waals surface area contributed by atoms with Gasteiger partial charge in [0.1, 0.15) is 0 Å². The molecule has 2 aliphatic rings. The molecule has 0 aliphatic heterocycles. The summed E-state index contributed by atoms with van der Waals surface area (Å²) in [4.78, 5) is 3.90. The molecular weight excluding hydrogens is 434 g/mol. The minimum absolute atomic E-state index is 0.106. The van der Waals surface area contributed by atoms with Crippen LogP contribution in [0.3, 0.4) is 0 Å². The van der Waals surface area contributed by atoms with Crippen LogP contribution < -0.4 is 0 Å². The molecule has 0 saturated carbocycles. The second-order valence-corrected chi connectivity index (χ2v) is 11.4. The highest BCUT2D eigenvalue weighted by Gasteiger charge is 2.52. The van der Waals surface area contributed by atoms with Crippen molar-refractivity contribution in [3.05, 3.63) is 131 Å². The van der Waals surface area contributed by atoms with Crippen molar-refractivity contribution >= 4 is 21.8 Å². The van der Waals surface area contributed by atoms with E-state index in [1.54, 1.807) is 0 Å². The Morgan fingerprint density at radius 3 is 1.69 bits per heavy atom. The first-order valence-electron chi connectivity index (χ1n) is 12.9. The maximum atomic E-state index is 3.90. The van der Waals surface area contributed by atoms with Crippen molar-refractivity contribution in [3.8, 4) is 22.3 Å². The molecule has 8 rings (SSSR count). The molecule has 1 N–H and O–H groups in total. The molecule has 0 fully saturated rings. The number of rotatable bonds is 0. The van der Waals surface area contributed by atoms with E-state index in [9.17, 15) is 0 Å². The lowest BCUT2D eigenvalue weighted by Crippen LogP contribution is -2.26. The third-order valence-electron chi connectivity index (χ3n) is 8.59. The molecule has 1 heterocycles. The molecular formula is C35H27N. The van der Waals surface area contributed by atoms with Crippen LogP contribution in [0.1, 0.15) is 48.6 Å². The van der Waals surface area contributed by atoms with E-state index >= 15 is 0 Å². The van der Waals surface area contributed by atoms with Gasteiger partial charge in [0.15, 0.2) is 0 Å². The van der Waals surface area contributed by atoms with Crippen molar-refractivity contribution in [2.24, 2.45) is 0 Å². The van der Waals surface area contributed by atoms with E-state index in [0.717, 1.165) is 0 Å². The Labute approximate surface area is 211 Å². The van der Waals surface area contributed by atoms with Gasteiger partial charge in [0, 0.05) is 21.9 Å². The van der Waals surface area contributed by atoms with Gasteiger partial charge in [0.25, 0.3) is 0 Å². The van der Waals surface area contributed by atoms with Crippen molar-refractivity contribution in [1.82, 2.24) is 4.98 Å². The molecule has 172 valence electrons. The van der Waals surface area contributed by atoms with E-state index in [0.29, 0.717) is 0 Å². The van der Waals surface area contributed by atoms with E-state index in [-0.39, 0.29) is 10.8 Å². The summed E-state index contributed by atoms with van der Waals surface area (Å²) in [6, 6.07) is 38.7. The van der Waals surface area contributed by atoms with Gasteiger partial charge in [-0.3, -0.25) is 0 Å². The molecule has 6 aromatic rings. The lowest BCUT2D eigenvalue weighted by Gasteiger charge is -2.30. The number of nitrogens with one attached hydrogen (secondary N) is 1. The molecule has 1 heteroatoms. The quantitative estimate of drug-likeness (QED) is 0.232. The van der Waals surface area contributed by atoms with Gasteiger partial charge < -0.3 is 4.98 Å². The normalized spacial score (nSPS) is 14.8. The zero-order valence-corrected chi connectivity index (χ0v) is 20.8.